The number of allylic oxidation sites excluding steroid dienone is 5. The molecule has 0 nitrogen and oxygen atoms in total. The standard InChI is InChI=1S/C11H18/c1-6-8-11(4,5)9-7-10(2)3/h6-9H,2H2,1,3-5H3. The van der Waals surface area contributed by atoms with Crippen LogP contribution in [0.5, 0.6) is 0 Å². The van der Waals surface area contributed by atoms with Crippen LogP contribution < -0.4 is 0 Å². The summed E-state index contributed by atoms with van der Waals surface area (Å²) in [5.74, 6) is 0. The molecule has 0 saturated heterocycles. The largest absolute Gasteiger partial charge is 0.0961 e. The lowest BCUT2D eigenvalue weighted by Gasteiger charge is -2.13. The number of rotatable bonds is 3. The molecular formula is C11H18. The van der Waals surface area contributed by atoms with Gasteiger partial charge in [-0.05, 0) is 13.8 Å². The first-order valence-corrected chi connectivity index (χ1v) is 3.96. The second kappa shape index (κ2) is 4.17. The second-order valence-electron chi connectivity index (χ2n) is 3.50. The van der Waals surface area contributed by atoms with E-state index in [1.54, 1.807) is 0 Å². The van der Waals surface area contributed by atoms with E-state index in [1.807, 2.05) is 13.8 Å². The second-order valence-corrected chi connectivity index (χ2v) is 3.50. The van der Waals surface area contributed by atoms with E-state index in [0.717, 1.165) is 5.57 Å². The highest BCUT2D eigenvalue weighted by Gasteiger charge is 2.06. The van der Waals surface area contributed by atoms with Gasteiger partial charge in [-0.15, -0.1) is 0 Å². The van der Waals surface area contributed by atoms with Crippen molar-refractivity contribution in [2.75, 3.05) is 0 Å². The van der Waals surface area contributed by atoms with E-state index in [2.05, 4.69) is 44.7 Å². The van der Waals surface area contributed by atoms with Gasteiger partial charge < -0.3 is 0 Å². The molecule has 0 bridgehead atoms. The number of hydrogen-bond acceptors (Lipinski definition) is 0. The SMILES string of the molecule is C=C(C)C=CC(C)(C)C=CC. The highest BCUT2D eigenvalue weighted by atomic mass is 14.1. The molecule has 0 aliphatic heterocycles. The lowest BCUT2D eigenvalue weighted by Crippen LogP contribution is -2.01. The fourth-order valence-corrected chi connectivity index (χ4v) is 0.842. The average molecular weight is 150 g/mol. The van der Waals surface area contributed by atoms with Gasteiger partial charge in [-0.3, -0.25) is 0 Å². The van der Waals surface area contributed by atoms with Gasteiger partial charge in [-0.2, -0.15) is 0 Å². The molecule has 0 heteroatoms. The molecule has 0 heterocycles. The Morgan fingerprint density at radius 1 is 1.27 bits per heavy atom. The van der Waals surface area contributed by atoms with Crippen molar-refractivity contribution in [3.8, 4) is 0 Å². The van der Waals surface area contributed by atoms with Gasteiger partial charge in [0.2, 0.25) is 0 Å². The zero-order chi connectivity index (χ0) is 8.91. The molecule has 11 heavy (non-hydrogen) atoms. The van der Waals surface area contributed by atoms with E-state index >= 15 is 0 Å². The van der Waals surface area contributed by atoms with Crippen LogP contribution in [0.15, 0.2) is 36.5 Å². The zero-order valence-corrected chi connectivity index (χ0v) is 8.02. The summed E-state index contributed by atoms with van der Waals surface area (Å²) in [6, 6.07) is 0. The van der Waals surface area contributed by atoms with E-state index < -0.39 is 0 Å². The summed E-state index contributed by atoms with van der Waals surface area (Å²) >= 11 is 0. The van der Waals surface area contributed by atoms with E-state index in [-0.39, 0.29) is 5.41 Å². The van der Waals surface area contributed by atoms with Crippen LogP contribution in [0.1, 0.15) is 27.7 Å². The molecule has 0 aromatic carbocycles. The maximum atomic E-state index is 3.81. The molecular weight excluding hydrogens is 132 g/mol. The molecule has 0 fully saturated rings. The normalized spacial score (nSPS) is 13.1. The van der Waals surface area contributed by atoms with Crippen LogP contribution in [0.3, 0.4) is 0 Å². The van der Waals surface area contributed by atoms with Gasteiger partial charge >= 0.3 is 0 Å². The molecule has 0 spiro atoms. The van der Waals surface area contributed by atoms with Gasteiger partial charge in [0.25, 0.3) is 0 Å². The molecule has 0 unspecified atom stereocenters. The van der Waals surface area contributed by atoms with Crippen LogP contribution in [0.25, 0.3) is 0 Å². The minimum atomic E-state index is 0.160. The minimum Gasteiger partial charge on any atom is -0.0961 e. The van der Waals surface area contributed by atoms with E-state index in [9.17, 15) is 0 Å². The van der Waals surface area contributed by atoms with Crippen molar-refractivity contribution >= 4 is 0 Å². The van der Waals surface area contributed by atoms with Crippen molar-refractivity contribution in [3.05, 3.63) is 36.5 Å². The summed E-state index contributed by atoms with van der Waals surface area (Å²) in [5.41, 5.74) is 1.26. The maximum Gasteiger partial charge on any atom is 0.000751 e. The van der Waals surface area contributed by atoms with Crippen molar-refractivity contribution in [2.45, 2.75) is 27.7 Å². The van der Waals surface area contributed by atoms with Crippen molar-refractivity contribution in [1.82, 2.24) is 0 Å². The highest BCUT2D eigenvalue weighted by molar-refractivity contribution is 5.17. The van der Waals surface area contributed by atoms with Gasteiger partial charge in [-0.1, -0.05) is 50.3 Å². The molecule has 0 aromatic rings. The van der Waals surface area contributed by atoms with Crippen LogP contribution >= 0.6 is 0 Å². The zero-order valence-electron chi connectivity index (χ0n) is 8.02. The van der Waals surface area contributed by atoms with Crippen molar-refractivity contribution in [1.29, 1.82) is 0 Å². The van der Waals surface area contributed by atoms with Gasteiger partial charge in [0.05, 0.1) is 0 Å². The molecule has 0 N–H and O–H groups in total. The Labute approximate surface area is 70.3 Å². The number of hydrogen-bond donors (Lipinski definition) is 0. The monoisotopic (exact) mass is 150 g/mol. The first kappa shape index (κ1) is 10.2. The summed E-state index contributed by atoms with van der Waals surface area (Å²) in [6.07, 6.45) is 8.46. The van der Waals surface area contributed by atoms with Crippen molar-refractivity contribution < 1.29 is 0 Å². The third-order valence-corrected chi connectivity index (χ3v) is 1.39. The lowest BCUT2D eigenvalue weighted by molar-refractivity contribution is 0.624. The molecule has 62 valence electrons. The average Bonchev–Trinajstić information content (AvgIpc) is 1.84. The van der Waals surface area contributed by atoms with E-state index in [0.29, 0.717) is 0 Å². The summed E-state index contributed by atoms with van der Waals surface area (Å²) < 4.78 is 0. The first-order chi connectivity index (χ1) is 4.98. The van der Waals surface area contributed by atoms with Gasteiger partial charge in [-0.25, -0.2) is 0 Å². The third-order valence-electron chi connectivity index (χ3n) is 1.39. The van der Waals surface area contributed by atoms with Gasteiger partial charge in [0.15, 0.2) is 0 Å². The quantitative estimate of drug-likeness (QED) is 0.425. The first-order valence-electron chi connectivity index (χ1n) is 3.96. The molecule has 0 aliphatic carbocycles. The molecule has 0 amide bonds. The highest BCUT2D eigenvalue weighted by Crippen LogP contribution is 2.19. The summed E-state index contributed by atoms with van der Waals surface area (Å²) in [6.45, 7) is 12.2. The van der Waals surface area contributed by atoms with Crippen LogP contribution in [0.4, 0.5) is 0 Å². The third kappa shape index (κ3) is 5.65. The van der Waals surface area contributed by atoms with Gasteiger partial charge in [0.1, 0.15) is 0 Å². The molecule has 0 saturated carbocycles. The van der Waals surface area contributed by atoms with Crippen molar-refractivity contribution in [2.24, 2.45) is 5.41 Å². The van der Waals surface area contributed by atoms with Crippen molar-refractivity contribution in [3.63, 3.8) is 0 Å². The summed E-state index contributed by atoms with van der Waals surface area (Å²) in [5, 5.41) is 0. The Balaban J connectivity index is 4.22. The predicted octanol–water partition coefficient (Wildman–Crippen LogP) is 3.72. The lowest BCUT2D eigenvalue weighted by atomic mass is 9.92. The van der Waals surface area contributed by atoms with Crippen LogP contribution in [-0.4, -0.2) is 0 Å². The topological polar surface area (TPSA) is 0 Å². The maximum absolute atomic E-state index is 3.81. The van der Waals surface area contributed by atoms with Crippen LogP contribution in [0, 0.1) is 5.41 Å². The Hall–Kier alpha value is -0.780. The fourth-order valence-electron chi connectivity index (χ4n) is 0.842. The van der Waals surface area contributed by atoms with Crippen LogP contribution in [-0.2, 0) is 0 Å². The van der Waals surface area contributed by atoms with E-state index in [4.69, 9.17) is 0 Å². The molecule has 0 rings (SSSR count). The smallest absolute Gasteiger partial charge is 0.000751 e. The predicted molar refractivity (Wildman–Crippen MR) is 52.5 cm³/mol. The molecule has 0 atom stereocenters. The van der Waals surface area contributed by atoms with Gasteiger partial charge in [0, 0.05) is 5.41 Å². The Bertz CT molecular complexity index is 180. The molecule has 0 aromatic heterocycles. The summed E-state index contributed by atoms with van der Waals surface area (Å²) in [7, 11) is 0. The molecule has 0 aliphatic rings. The minimum absolute atomic E-state index is 0.160. The fraction of sp³-hybridized carbons (Fsp3) is 0.455. The Morgan fingerprint density at radius 3 is 2.18 bits per heavy atom. The van der Waals surface area contributed by atoms with E-state index in [1.165, 1.54) is 0 Å². The Kier molecular flexibility index (Phi) is 3.88. The molecule has 0 radical (unpaired) electrons. The Morgan fingerprint density at radius 2 is 1.82 bits per heavy atom. The summed E-state index contributed by atoms with van der Waals surface area (Å²) in [4.78, 5) is 0. The van der Waals surface area contributed by atoms with Crippen LogP contribution in [0.2, 0.25) is 0 Å².